The Morgan fingerprint density at radius 3 is 2.47 bits per heavy atom. The lowest BCUT2D eigenvalue weighted by atomic mass is 10.1. The van der Waals surface area contributed by atoms with E-state index < -0.39 is 0 Å². The second-order valence-corrected chi connectivity index (χ2v) is 5.12. The van der Waals surface area contributed by atoms with Crippen LogP contribution in [0.3, 0.4) is 0 Å². The Hall–Kier alpha value is -1.25. The third-order valence-corrected chi connectivity index (χ3v) is 3.84. The van der Waals surface area contributed by atoms with Gasteiger partial charge in [0.25, 0.3) is 0 Å². The van der Waals surface area contributed by atoms with Crippen LogP contribution in [-0.2, 0) is 12.3 Å². The molecular formula is C15H17NS. The van der Waals surface area contributed by atoms with Gasteiger partial charge in [-0.1, -0.05) is 36.4 Å². The number of hydrogen-bond acceptors (Lipinski definition) is 2. The Labute approximate surface area is 107 Å². The molecule has 2 N–H and O–H groups in total. The fraction of sp³-hybridized carbons (Fsp3) is 0.200. The zero-order chi connectivity index (χ0) is 12.1. The molecule has 0 aliphatic heterocycles. The predicted molar refractivity (Wildman–Crippen MR) is 75.1 cm³/mol. The van der Waals surface area contributed by atoms with Crippen molar-refractivity contribution in [3.05, 3.63) is 65.2 Å². The van der Waals surface area contributed by atoms with Gasteiger partial charge in [-0.05, 0) is 35.7 Å². The first-order valence-electron chi connectivity index (χ1n) is 5.76. The van der Waals surface area contributed by atoms with E-state index in [2.05, 4.69) is 49.4 Å². The summed E-state index contributed by atoms with van der Waals surface area (Å²) in [6.45, 7) is 2.77. The summed E-state index contributed by atoms with van der Waals surface area (Å²) < 4.78 is 0. The summed E-state index contributed by atoms with van der Waals surface area (Å²) in [5, 5.41) is 0. The Balaban J connectivity index is 2.04. The molecule has 0 spiro atoms. The largest absolute Gasteiger partial charge is 0.326 e. The molecule has 88 valence electrons. The van der Waals surface area contributed by atoms with E-state index in [0.717, 1.165) is 5.75 Å². The number of benzene rings is 2. The van der Waals surface area contributed by atoms with Crippen molar-refractivity contribution in [2.24, 2.45) is 5.73 Å². The zero-order valence-corrected chi connectivity index (χ0v) is 10.8. The molecule has 0 amide bonds. The summed E-state index contributed by atoms with van der Waals surface area (Å²) in [6, 6.07) is 17.0. The lowest BCUT2D eigenvalue weighted by Crippen LogP contribution is -1.97. The summed E-state index contributed by atoms with van der Waals surface area (Å²) in [5.74, 6) is 1.01. The molecule has 0 aromatic heterocycles. The van der Waals surface area contributed by atoms with Crippen LogP contribution in [0.4, 0.5) is 0 Å². The molecule has 17 heavy (non-hydrogen) atoms. The molecule has 0 saturated heterocycles. The van der Waals surface area contributed by atoms with E-state index in [1.54, 1.807) is 0 Å². The van der Waals surface area contributed by atoms with E-state index >= 15 is 0 Å². The van der Waals surface area contributed by atoms with Crippen molar-refractivity contribution in [1.29, 1.82) is 0 Å². The highest BCUT2D eigenvalue weighted by Crippen LogP contribution is 2.24. The smallest absolute Gasteiger partial charge is 0.0234 e. The monoisotopic (exact) mass is 243 g/mol. The van der Waals surface area contributed by atoms with Crippen LogP contribution < -0.4 is 5.73 Å². The van der Waals surface area contributed by atoms with Crippen molar-refractivity contribution in [3.63, 3.8) is 0 Å². The van der Waals surface area contributed by atoms with E-state index in [-0.39, 0.29) is 0 Å². The van der Waals surface area contributed by atoms with Gasteiger partial charge in [0, 0.05) is 17.2 Å². The third kappa shape index (κ3) is 3.35. The quantitative estimate of drug-likeness (QED) is 0.828. The molecule has 2 aromatic carbocycles. The van der Waals surface area contributed by atoms with Gasteiger partial charge in [0.1, 0.15) is 0 Å². The van der Waals surface area contributed by atoms with Gasteiger partial charge in [0.2, 0.25) is 0 Å². The standard InChI is InChI=1S/C15H17NS/c1-12-9-13(10-16)7-8-14(12)11-17-15-5-3-2-4-6-15/h2-9H,10-11,16H2,1H3. The highest BCUT2D eigenvalue weighted by molar-refractivity contribution is 7.98. The maximum atomic E-state index is 5.63. The van der Waals surface area contributed by atoms with Crippen LogP contribution in [0.1, 0.15) is 16.7 Å². The average Bonchev–Trinajstić information content (AvgIpc) is 2.38. The minimum atomic E-state index is 0.618. The first kappa shape index (κ1) is 12.2. The molecule has 2 rings (SSSR count). The van der Waals surface area contributed by atoms with Crippen molar-refractivity contribution in [2.45, 2.75) is 24.1 Å². The van der Waals surface area contributed by atoms with Gasteiger partial charge in [-0.3, -0.25) is 0 Å². The maximum Gasteiger partial charge on any atom is 0.0234 e. The topological polar surface area (TPSA) is 26.0 Å². The Bertz CT molecular complexity index is 480. The van der Waals surface area contributed by atoms with Crippen molar-refractivity contribution < 1.29 is 0 Å². The van der Waals surface area contributed by atoms with E-state index in [1.807, 2.05) is 17.8 Å². The summed E-state index contributed by atoms with van der Waals surface area (Å²) in [6.07, 6.45) is 0. The first-order valence-corrected chi connectivity index (χ1v) is 6.74. The molecule has 1 nitrogen and oxygen atoms in total. The highest BCUT2D eigenvalue weighted by Gasteiger charge is 2.00. The lowest BCUT2D eigenvalue weighted by molar-refractivity contribution is 1.06. The number of nitrogens with two attached hydrogens (primary N) is 1. The van der Waals surface area contributed by atoms with Crippen LogP contribution in [0.15, 0.2) is 53.4 Å². The Kier molecular flexibility index (Phi) is 4.24. The van der Waals surface area contributed by atoms with Gasteiger partial charge < -0.3 is 5.73 Å². The fourth-order valence-electron chi connectivity index (χ4n) is 1.72. The second kappa shape index (κ2) is 5.89. The van der Waals surface area contributed by atoms with Crippen LogP contribution in [0, 0.1) is 6.92 Å². The maximum absolute atomic E-state index is 5.63. The molecule has 2 aromatic rings. The average molecular weight is 243 g/mol. The highest BCUT2D eigenvalue weighted by atomic mass is 32.2. The molecule has 0 aliphatic rings. The number of thioether (sulfide) groups is 1. The van der Waals surface area contributed by atoms with Crippen molar-refractivity contribution in [1.82, 2.24) is 0 Å². The molecule has 0 heterocycles. The van der Waals surface area contributed by atoms with Gasteiger partial charge in [0.15, 0.2) is 0 Å². The van der Waals surface area contributed by atoms with E-state index in [1.165, 1.54) is 21.6 Å². The van der Waals surface area contributed by atoms with Crippen LogP contribution in [0.2, 0.25) is 0 Å². The van der Waals surface area contributed by atoms with Crippen molar-refractivity contribution in [2.75, 3.05) is 0 Å². The minimum absolute atomic E-state index is 0.618. The van der Waals surface area contributed by atoms with Crippen LogP contribution in [0.5, 0.6) is 0 Å². The third-order valence-electron chi connectivity index (χ3n) is 2.78. The van der Waals surface area contributed by atoms with Gasteiger partial charge in [0.05, 0.1) is 0 Å². The van der Waals surface area contributed by atoms with Crippen molar-refractivity contribution >= 4 is 11.8 Å². The summed E-state index contributed by atoms with van der Waals surface area (Å²) >= 11 is 1.87. The normalized spacial score (nSPS) is 10.5. The zero-order valence-electron chi connectivity index (χ0n) is 10.0. The van der Waals surface area contributed by atoms with E-state index in [0.29, 0.717) is 6.54 Å². The van der Waals surface area contributed by atoms with E-state index in [9.17, 15) is 0 Å². The molecule has 0 radical (unpaired) electrons. The first-order chi connectivity index (χ1) is 8.29. The lowest BCUT2D eigenvalue weighted by Gasteiger charge is -2.07. The molecule has 0 bridgehead atoms. The number of aryl methyl sites for hydroxylation is 1. The summed E-state index contributed by atoms with van der Waals surface area (Å²) in [5.41, 5.74) is 9.55. The van der Waals surface area contributed by atoms with Crippen LogP contribution in [-0.4, -0.2) is 0 Å². The molecule has 0 atom stereocenters. The fourth-order valence-corrected chi connectivity index (χ4v) is 2.72. The van der Waals surface area contributed by atoms with Crippen molar-refractivity contribution in [3.8, 4) is 0 Å². The Morgan fingerprint density at radius 1 is 1.06 bits per heavy atom. The Morgan fingerprint density at radius 2 is 1.82 bits per heavy atom. The summed E-state index contributed by atoms with van der Waals surface area (Å²) in [4.78, 5) is 1.31. The predicted octanol–water partition coefficient (Wildman–Crippen LogP) is 3.75. The number of rotatable bonds is 4. The molecule has 0 saturated carbocycles. The van der Waals surface area contributed by atoms with E-state index in [4.69, 9.17) is 5.73 Å². The molecule has 0 unspecified atom stereocenters. The molecule has 0 aliphatic carbocycles. The summed E-state index contributed by atoms with van der Waals surface area (Å²) in [7, 11) is 0. The van der Waals surface area contributed by atoms with Gasteiger partial charge >= 0.3 is 0 Å². The van der Waals surface area contributed by atoms with Gasteiger partial charge in [-0.2, -0.15) is 0 Å². The SMILES string of the molecule is Cc1cc(CN)ccc1CSc1ccccc1. The second-order valence-electron chi connectivity index (χ2n) is 4.07. The molecular weight excluding hydrogens is 226 g/mol. The van der Waals surface area contributed by atoms with Crippen LogP contribution >= 0.6 is 11.8 Å². The molecule has 0 fully saturated rings. The molecule has 2 heteroatoms. The van der Waals surface area contributed by atoms with Gasteiger partial charge in [-0.25, -0.2) is 0 Å². The minimum Gasteiger partial charge on any atom is -0.326 e. The van der Waals surface area contributed by atoms with Crippen LogP contribution in [0.25, 0.3) is 0 Å². The van der Waals surface area contributed by atoms with Gasteiger partial charge in [-0.15, -0.1) is 11.8 Å². The number of hydrogen-bond donors (Lipinski definition) is 1.